The maximum atomic E-state index is 12.3. The van der Waals surface area contributed by atoms with Crippen molar-refractivity contribution in [2.45, 2.75) is 38.6 Å². The Bertz CT molecular complexity index is 600. The summed E-state index contributed by atoms with van der Waals surface area (Å²) >= 11 is 1.48. The quantitative estimate of drug-likeness (QED) is 0.932. The monoisotopic (exact) mass is 286 g/mol. The molecule has 1 aliphatic rings. The molecule has 0 bridgehead atoms. The largest absolute Gasteiger partial charge is 0.349 e. The van der Waals surface area contributed by atoms with E-state index in [1.807, 2.05) is 37.3 Å². The summed E-state index contributed by atoms with van der Waals surface area (Å²) in [6.45, 7) is 1.91. The number of hydrogen-bond donors (Lipinski definition) is 1. The Labute approximate surface area is 123 Å². The van der Waals surface area contributed by atoms with Crippen molar-refractivity contribution < 1.29 is 4.79 Å². The van der Waals surface area contributed by atoms with E-state index < -0.39 is 0 Å². The summed E-state index contributed by atoms with van der Waals surface area (Å²) in [7, 11) is 0. The summed E-state index contributed by atoms with van der Waals surface area (Å²) in [6.07, 6.45) is 4.66. The fourth-order valence-electron chi connectivity index (χ4n) is 2.63. The van der Waals surface area contributed by atoms with Gasteiger partial charge in [-0.05, 0) is 19.8 Å². The van der Waals surface area contributed by atoms with Crippen LogP contribution in [0.5, 0.6) is 0 Å². The van der Waals surface area contributed by atoms with Crippen molar-refractivity contribution in [3.05, 3.63) is 40.9 Å². The minimum absolute atomic E-state index is 0.0362. The third kappa shape index (κ3) is 2.75. The molecular formula is C16H18N2OS. The van der Waals surface area contributed by atoms with Gasteiger partial charge in [0, 0.05) is 11.6 Å². The van der Waals surface area contributed by atoms with Crippen LogP contribution in [0.1, 0.15) is 41.0 Å². The molecule has 0 spiro atoms. The van der Waals surface area contributed by atoms with Crippen LogP contribution in [0.15, 0.2) is 30.3 Å². The third-order valence-corrected chi connectivity index (χ3v) is 4.92. The van der Waals surface area contributed by atoms with Crippen LogP contribution in [0, 0.1) is 6.92 Å². The molecule has 4 heteroatoms. The molecule has 2 aromatic rings. The molecule has 1 N–H and O–H groups in total. The van der Waals surface area contributed by atoms with Crippen molar-refractivity contribution in [2.24, 2.45) is 0 Å². The van der Waals surface area contributed by atoms with E-state index in [-0.39, 0.29) is 5.91 Å². The van der Waals surface area contributed by atoms with Gasteiger partial charge in [0.1, 0.15) is 9.88 Å². The number of hydrogen-bond acceptors (Lipinski definition) is 3. The highest BCUT2D eigenvalue weighted by atomic mass is 32.1. The molecule has 3 nitrogen and oxygen atoms in total. The zero-order chi connectivity index (χ0) is 13.9. The Kier molecular flexibility index (Phi) is 3.83. The second-order valence-electron chi connectivity index (χ2n) is 5.25. The number of nitrogens with zero attached hydrogens (tertiary/aromatic N) is 1. The lowest BCUT2D eigenvalue weighted by Gasteiger charge is -2.10. The molecule has 0 aliphatic heterocycles. The zero-order valence-electron chi connectivity index (χ0n) is 11.6. The molecule has 1 saturated carbocycles. The van der Waals surface area contributed by atoms with Crippen molar-refractivity contribution in [3.63, 3.8) is 0 Å². The Morgan fingerprint density at radius 2 is 1.95 bits per heavy atom. The Balaban J connectivity index is 1.80. The van der Waals surface area contributed by atoms with Gasteiger partial charge in [-0.25, -0.2) is 4.98 Å². The van der Waals surface area contributed by atoms with E-state index in [1.54, 1.807) is 0 Å². The summed E-state index contributed by atoms with van der Waals surface area (Å²) in [5.41, 5.74) is 1.89. The van der Waals surface area contributed by atoms with E-state index in [1.165, 1.54) is 24.2 Å². The minimum atomic E-state index is 0.0362. The molecule has 1 aromatic carbocycles. The van der Waals surface area contributed by atoms with Gasteiger partial charge in [0.15, 0.2) is 0 Å². The molecule has 1 amide bonds. The van der Waals surface area contributed by atoms with Gasteiger partial charge < -0.3 is 5.32 Å². The SMILES string of the molecule is Cc1nc(-c2ccccc2)sc1C(=O)NC1CCCC1. The lowest BCUT2D eigenvalue weighted by atomic mass is 10.2. The number of benzene rings is 1. The summed E-state index contributed by atoms with van der Waals surface area (Å²) in [6, 6.07) is 10.4. The minimum Gasteiger partial charge on any atom is -0.349 e. The van der Waals surface area contributed by atoms with E-state index in [9.17, 15) is 4.79 Å². The molecule has 104 valence electrons. The first-order valence-electron chi connectivity index (χ1n) is 7.08. The highest BCUT2D eigenvalue weighted by Crippen LogP contribution is 2.28. The molecule has 3 rings (SSSR count). The molecule has 1 fully saturated rings. The number of carbonyl (C=O) groups is 1. The Morgan fingerprint density at radius 1 is 1.25 bits per heavy atom. The number of thiazole rings is 1. The lowest BCUT2D eigenvalue weighted by molar-refractivity contribution is 0.0941. The van der Waals surface area contributed by atoms with Crippen LogP contribution in [-0.2, 0) is 0 Å². The Hall–Kier alpha value is -1.68. The molecule has 1 aromatic heterocycles. The van der Waals surface area contributed by atoms with Crippen LogP contribution in [0.4, 0.5) is 0 Å². The molecule has 0 unspecified atom stereocenters. The number of amides is 1. The highest BCUT2D eigenvalue weighted by Gasteiger charge is 2.21. The molecule has 0 radical (unpaired) electrons. The summed E-state index contributed by atoms with van der Waals surface area (Å²) in [4.78, 5) is 17.6. The first kappa shape index (κ1) is 13.3. The average Bonchev–Trinajstić information content (AvgIpc) is 3.09. The number of aromatic nitrogens is 1. The number of carbonyl (C=O) groups excluding carboxylic acids is 1. The molecule has 20 heavy (non-hydrogen) atoms. The predicted octanol–water partition coefficient (Wildman–Crippen LogP) is 3.79. The maximum Gasteiger partial charge on any atom is 0.263 e. The summed E-state index contributed by atoms with van der Waals surface area (Å²) in [5, 5.41) is 4.05. The normalized spacial score (nSPS) is 15.4. The second-order valence-corrected chi connectivity index (χ2v) is 6.25. The van der Waals surface area contributed by atoms with Crippen molar-refractivity contribution >= 4 is 17.2 Å². The number of nitrogens with one attached hydrogen (secondary N) is 1. The van der Waals surface area contributed by atoms with Crippen LogP contribution >= 0.6 is 11.3 Å². The van der Waals surface area contributed by atoms with Gasteiger partial charge in [-0.2, -0.15) is 0 Å². The molecule has 0 atom stereocenters. The predicted molar refractivity (Wildman–Crippen MR) is 82.0 cm³/mol. The van der Waals surface area contributed by atoms with Gasteiger partial charge in [0.2, 0.25) is 0 Å². The van der Waals surface area contributed by atoms with Crippen molar-refractivity contribution in [1.82, 2.24) is 10.3 Å². The van der Waals surface area contributed by atoms with E-state index in [2.05, 4.69) is 10.3 Å². The number of aryl methyl sites for hydroxylation is 1. The highest BCUT2D eigenvalue weighted by molar-refractivity contribution is 7.17. The van der Waals surface area contributed by atoms with Gasteiger partial charge in [0.05, 0.1) is 5.69 Å². The zero-order valence-corrected chi connectivity index (χ0v) is 12.4. The first-order valence-corrected chi connectivity index (χ1v) is 7.89. The van der Waals surface area contributed by atoms with Gasteiger partial charge in [-0.1, -0.05) is 43.2 Å². The van der Waals surface area contributed by atoms with Gasteiger partial charge in [-0.3, -0.25) is 4.79 Å². The van der Waals surface area contributed by atoms with Crippen LogP contribution in [-0.4, -0.2) is 16.9 Å². The van der Waals surface area contributed by atoms with Gasteiger partial charge in [0.25, 0.3) is 5.91 Å². The van der Waals surface area contributed by atoms with Crippen LogP contribution in [0.25, 0.3) is 10.6 Å². The Morgan fingerprint density at radius 3 is 2.65 bits per heavy atom. The number of rotatable bonds is 3. The van der Waals surface area contributed by atoms with Crippen molar-refractivity contribution in [2.75, 3.05) is 0 Å². The van der Waals surface area contributed by atoms with E-state index >= 15 is 0 Å². The summed E-state index contributed by atoms with van der Waals surface area (Å²) < 4.78 is 0. The van der Waals surface area contributed by atoms with Gasteiger partial charge >= 0.3 is 0 Å². The van der Waals surface area contributed by atoms with Crippen LogP contribution in [0.2, 0.25) is 0 Å². The fraction of sp³-hybridized carbons (Fsp3) is 0.375. The average molecular weight is 286 g/mol. The standard InChI is InChI=1S/C16H18N2OS/c1-11-14(15(19)18-13-9-5-6-10-13)20-16(17-11)12-7-3-2-4-8-12/h2-4,7-8,13H,5-6,9-10H2,1H3,(H,18,19). The molecule has 1 aliphatic carbocycles. The molecule has 0 saturated heterocycles. The first-order chi connectivity index (χ1) is 9.74. The van der Waals surface area contributed by atoms with Crippen LogP contribution in [0.3, 0.4) is 0 Å². The van der Waals surface area contributed by atoms with Crippen LogP contribution < -0.4 is 5.32 Å². The second kappa shape index (κ2) is 5.75. The van der Waals surface area contributed by atoms with E-state index in [0.717, 1.165) is 34.0 Å². The topological polar surface area (TPSA) is 42.0 Å². The van der Waals surface area contributed by atoms with Gasteiger partial charge in [-0.15, -0.1) is 11.3 Å². The smallest absolute Gasteiger partial charge is 0.263 e. The third-order valence-electron chi connectivity index (χ3n) is 3.71. The van der Waals surface area contributed by atoms with E-state index in [4.69, 9.17) is 0 Å². The van der Waals surface area contributed by atoms with E-state index in [0.29, 0.717) is 6.04 Å². The summed E-state index contributed by atoms with van der Waals surface area (Å²) in [5.74, 6) is 0.0362. The maximum absolute atomic E-state index is 12.3. The molecular weight excluding hydrogens is 268 g/mol. The fourth-order valence-corrected chi connectivity index (χ4v) is 3.61. The van der Waals surface area contributed by atoms with Crippen molar-refractivity contribution in [3.8, 4) is 10.6 Å². The van der Waals surface area contributed by atoms with Crippen molar-refractivity contribution in [1.29, 1.82) is 0 Å². The molecule has 1 heterocycles. The lowest BCUT2D eigenvalue weighted by Crippen LogP contribution is -2.32.